The van der Waals surface area contributed by atoms with Crippen molar-refractivity contribution in [1.82, 2.24) is 14.8 Å². The van der Waals surface area contributed by atoms with Crippen LogP contribution in [0.25, 0.3) is 5.69 Å². The first-order valence-corrected chi connectivity index (χ1v) is 8.58. The van der Waals surface area contributed by atoms with Crippen LogP contribution in [0.4, 0.5) is 5.69 Å². The van der Waals surface area contributed by atoms with Gasteiger partial charge in [0.2, 0.25) is 5.91 Å². The lowest BCUT2D eigenvalue weighted by Crippen LogP contribution is -2.38. The van der Waals surface area contributed by atoms with Crippen molar-refractivity contribution in [1.29, 1.82) is 0 Å². The number of halogens is 1. The average Bonchev–Trinajstić information content (AvgIpc) is 2.94. The van der Waals surface area contributed by atoms with E-state index in [1.54, 1.807) is 35.0 Å². The van der Waals surface area contributed by atoms with Crippen molar-refractivity contribution in [3.63, 3.8) is 0 Å². The van der Waals surface area contributed by atoms with E-state index in [-0.39, 0.29) is 23.0 Å². The molecule has 0 N–H and O–H groups in total. The first-order chi connectivity index (χ1) is 11.1. The van der Waals surface area contributed by atoms with E-state index in [0.717, 1.165) is 11.4 Å². The minimum atomic E-state index is -0.187. The number of hydrogen-bond donors (Lipinski definition) is 0. The summed E-state index contributed by atoms with van der Waals surface area (Å²) in [5.41, 5.74) is 1.28. The minimum absolute atomic E-state index is 0.0636. The quantitative estimate of drug-likeness (QED) is 0.715. The molecule has 0 aliphatic rings. The third kappa shape index (κ3) is 4.25. The van der Waals surface area contributed by atoms with Gasteiger partial charge >= 0.3 is 0 Å². The molecule has 23 heavy (non-hydrogen) atoms. The van der Waals surface area contributed by atoms with Crippen LogP contribution in [0, 0.1) is 0 Å². The fourth-order valence-electron chi connectivity index (χ4n) is 2.07. The molecular weight excluding hydrogens is 336 g/mol. The summed E-state index contributed by atoms with van der Waals surface area (Å²) in [5, 5.41) is 4.31. The highest BCUT2D eigenvalue weighted by molar-refractivity contribution is 8.00. The molecule has 0 aliphatic heterocycles. The molecule has 0 bridgehead atoms. The lowest BCUT2D eigenvalue weighted by molar-refractivity contribution is -0.118. The van der Waals surface area contributed by atoms with Gasteiger partial charge in [0.05, 0.1) is 23.3 Å². The van der Waals surface area contributed by atoms with Crippen molar-refractivity contribution in [2.24, 2.45) is 0 Å². The molecule has 1 amide bonds. The van der Waals surface area contributed by atoms with Gasteiger partial charge < -0.3 is 4.74 Å². The number of ether oxygens (including phenoxy) is 1. The monoisotopic (exact) mass is 354 g/mol. The van der Waals surface area contributed by atoms with Crippen molar-refractivity contribution in [3.8, 4) is 5.69 Å². The lowest BCUT2D eigenvalue weighted by Gasteiger charge is -2.23. The SMILES string of the molecule is CCS[C@H](C)C(=O)N(COC)c1cn(-c2cccnc2)nc1Cl. The Morgan fingerprint density at radius 2 is 2.35 bits per heavy atom. The molecule has 0 spiro atoms. The molecule has 0 radical (unpaired) electrons. The Hall–Kier alpha value is -1.57. The first kappa shape index (κ1) is 17.8. The maximum atomic E-state index is 12.6. The van der Waals surface area contributed by atoms with E-state index >= 15 is 0 Å². The fraction of sp³-hybridized carbons (Fsp3) is 0.400. The van der Waals surface area contributed by atoms with Crippen LogP contribution in [0.1, 0.15) is 13.8 Å². The molecule has 0 aliphatic carbocycles. The topological polar surface area (TPSA) is 60.2 Å². The van der Waals surface area contributed by atoms with Crippen LogP contribution >= 0.6 is 23.4 Å². The molecular formula is C15H19ClN4O2S. The van der Waals surface area contributed by atoms with Gasteiger partial charge in [-0.1, -0.05) is 18.5 Å². The fourth-order valence-corrected chi connectivity index (χ4v) is 3.07. The van der Waals surface area contributed by atoms with Crippen LogP contribution < -0.4 is 4.90 Å². The number of thioether (sulfide) groups is 1. The van der Waals surface area contributed by atoms with Crippen molar-refractivity contribution in [2.45, 2.75) is 19.1 Å². The number of methoxy groups -OCH3 is 1. The third-order valence-electron chi connectivity index (χ3n) is 3.14. The highest BCUT2D eigenvalue weighted by Crippen LogP contribution is 2.28. The van der Waals surface area contributed by atoms with Crippen LogP contribution in [0.2, 0.25) is 5.15 Å². The highest BCUT2D eigenvalue weighted by Gasteiger charge is 2.25. The summed E-state index contributed by atoms with van der Waals surface area (Å²) in [5.74, 6) is 0.794. The van der Waals surface area contributed by atoms with Gasteiger partial charge in [0.15, 0.2) is 5.15 Å². The molecule has 0 saturated heterocycles. The molecule has 0 saturated carbocycles. The number of aromatic nitrogens is 3. The van der Waals surface area contributed by atoms with Gasteiger partial charge in [-0.15, -0.1) is 11.8 Å². The van der Waals surface area contributed by atoms with E-state index in [1.807, 2.05) is 26.0 Å². The van der Waals surface area contributed by atoms with E-state index < -0.39 is 0 Å². The van der Waals surface area contributed by atoms with E-state index in [1.165, 1.54) is 12.0 Å². The summed E-state index contributed by atoms with van der Waals surface area (Å²) >= 11 is 7.81. The van der Waals surface area contributed by atoms with Crippen LogP contribution in [-0.2, 0) is 9.53 Å². The number of pyridine rings is 1. The number of rotatable bonds is 7. The van der Waals surface area contributed by atoms with Crippen molar-refractivity contribution >= 4 is 35.0 Å². The number of anilines is 1. The number of amides is 1. The predicted molar refractivity (Wildman–Crippen MR) is 93.3 cm³/mol. The standard InChI is InChI=1S/C15H19ClN4O2S/c1-4-23-11(2)15(21)19(10-22-3)13-9-20(18-14(13)16)12-6-5-7-17-8-12/h5-9,11H,4,10H2,1-3H3/t11-/m1/s1. The van der Waals surface area contributed by atoms with Gasteiger partial charge in [0.1, 0.15) is 12.4 Å². The van der Waals surface area contributed by atoms with Gasteiger partial charge in [-0.3, -0.25) is 14.7 Å². The van der Waals surface area contributed by atoms with E-state index in [9.17, 15) is 4.79 Å². The van der Waals surface area contributed by atoms with E-state index in [2.05, 4.69) is 10.1 Å². The summed E-state index contributed by atoms with van der Waals surface area (Å²) < 4.78 is 6.76. The zero-order valence-electron chi connectivity index (χ0n) is 13.3. The Balaban J connectivity index is 2.33. The summed E-state index contributed by atoms with van der Waals surface area (Å²) in [7, 11) is 1.54. The molecule has 2 rings (SSSR count). The summed E-state index contributed by atoms with van der Waals surface area (Å²) in [6, 6.07) is 3.67. The zero-order chi connectivity index (χ0) is 16.8. The van der Waals surface area contributed by atoms with Crippen molar-refractivity contribution < 1.29 is 9.53 Å². The summed E-state index contributed by atoms with van der Waals surface area (Å²) in [6.07, 6.45) is 5.06. The molecule has 124 valence electrons. The van der Waals surface area contributed by atoms with Gasteiger partial charge in [-0.2, -0.15) is 5.10 Å². The van der Waals surface area contributed by atoms with E-state index in [0.29, 0.717) is 5.69 Å². The van der Waals surface area contributed by atoms with Crippen LogP contribution in [-0.4, -0.2) is 45.5 Å². The molecule has 0 aromatic carbocycles. The van der Waals surface area contributed by atoms with Crippen LogP contribution in [0.3, 0.4) is 0 Å². The van der Waals surface area contributed by atoms with Gasteiger partial charge in [0, 0.05) is 13.3 Å². The third-order valence-corrected chi connectivity index (χ3v) is 4.45. The van der Waals surface area contributed by atoms with Crippen molar-refractivity contribution in [2.75, 3.05) is 24.5 Å². The number of hydrogen-bond acceptors (Lipinski definition) is 5. The molecule has 2 aromatic heterocycles. The molecule has 6 nitrogen and oxygen atoms in total. The zero-order valence-corrected chi connectivity index (χ0v) is 14.8. The number of nitrogens with zero attached hydrogens (tertiary/aromatic N) is 4. The highest BCUT2D eigenvalue weighted by atomic mass is 35.5. The maximum absolute atomic E-state index is 12.6. The molecule has 1 atom stereocenters. The lowest BCUT2D eigenvalue weighted by atomic mass is 10.3. The molecule has 8 heteroatoms. The first-order valence-electron chi connectivity index (χ1n) is 7.16. The molecule has 0 fully saturated rings. The van der Waals surface area contributed by atoms with Crippen LogP contribution in [0.5, 0.6) is 0 Å². The number of carbonyl (C=O) groups excluding carboxylic acids is 1. The summed E-state index contributed by atoms with van der Waals surface area (Å²) in [4.78, 5) is 18.2. The second-order valence-electron chi connectivity index (χ2n) is 4.74. The Morgan fingerprint density at radius 1 is 1.57 bits per heavy atom. The summed E-state index contributed by atoms with van der Waals surface area (Å²) in [6.45, 7) is 4.01. The van der Waals surface area contributed by atoms with Crippen molar-refractivity contribution in [3.05, 3.63) is 35.9 Å². The molecule has 2 heterocycles. The molecule has 0 unspecified atom stereocenters. The van der Waals surface area contributed by atoms with Gasteiger partial charge in [-0.05, 0) is 24.8 Å². The Kier molecular flexibility index (Phi) is 6.44. The predicted octanol–water partition coefficient (Wildman–Crippen LogP) is 3.00. The minimum Gasteiger partial charge on any atom is -0.364 e. The Bertz CT molecular complexity index is 650. The second-order valence-corrected chi connectivity index (χ2v) is 6.72. The average molecular weight is 355 g/mol. The normalized spacial score (nSPS) is 12.2. The Morgan fingerprint density at radius 3 is 2.96 bits per heavy atom. The van der Waals surface area contributed by atoms with Gasteiger partial charge in [-0.25, -0.2) is 4.68 Å². The molecule has 2 aromatic rings. The van der Waals surface area contributed by atoms with E-state index in [4.69, 9.17) is 16.3 Å². The number of carbonyl (C=O) groups is 1. The maximum Gasteiger partial charge on any atom is 0.241 e. The Labute approximate surface area is 144 Å². The van der Waals surface area contributed by atoms with Gasteiger partial charge in [0.25, 0.3) is 0 Å². The smallest absolute Gasteiger partial charge is 0.241 e. The second kappa shape index (κ2) is 8.33. The largest absolute Gasteiger partial charge is 0.364 e. The van der Waals surface area contributed by atoms with Crippen LogP contribution in [0.15, 0.2) is 30.7 Å².